The van der Waals surface area contributed by atoms with Gasteiger partial charge in [-0.15, -0.1) is 0 Å². The number of nitrogens with zero attached hydrogens (tertiary/aromatic N) is 1. The number of anilines is 1. The largest absolute Gasteiger partial charge is 0.454 e. The molecule has 0 bridgehead atoms. The molecule has 8 nitrogen and oxygen atoms in total. The second-order valence-electron chi connectivity index (χ2n) is 7.86. The van der Waals surface area contributed by atoms with E-state index in [2.05, 4.69) is 4.98 Å². The van der Waals surface area contributed by atoms with Gasteiger partial charge in [-0.25, -0.2) is 9.69 Å². The summed E-state index contributed by atoms with van der Waals surface area (Å²) in [6.45, 7) is 4.18. The number of imide groups is 1. The van der Waals surface area contributed by atoms with Gasteiger partial charge in [0.1, 0.15) is 0 Å². The van der Waals surface area contributed by atoms with Gasteiger partial charge in [0.25, 0.3) is 11.8 Å². The number of aryl methyl sites for hydroxylation is 1. The van der Waals surface area contributed by atoms with Gasteiger partial charge < -0.3 is 9.72 Å². The van der Waals surface area contributed by atoms with Crippen molar-refractivity contribution < 1.29 is 28.7 Å². The average Bonchev–Trinajstić information content (AvgIpc) is 3.24. The van der Waals surface area contributed by atoms with Crippen molar-refractivity contribution >= 4 is 46.6 Å². The maximum absolute atomic E-state index is 12.9. The van der Waals surface area contributed by atoms with Crippen molar-refractivity contribution in [3.05, 3.63) is 86.7 Å². The third-order valence-electron chi connectivity index (χ3n) is 5.61. The predicted octanol–water partition coefficient (Wildman–Crippen LogP) is 4.33. The fourth-order valence-corrected chi connectivity index (χ4v) is 4.16. The zero-order valence-corrected chi connectivity index (χ0v) is 19.3. The van der Waals surface area contributed by atoms with Crippen molar-refractivity contribution in [2.75, 3.05) is 11.5 Å². The van der Waals surface area contributed by atoms with Crippen LogP contribution in [0.4, 0.5) is 5.69 Å². The number of benzene rings is 2. The zero-order chi connectivity index (χ0) is 24.7. The number of ketones is 2. The van der Waals surface area contributed by atoms with E-state index in [4.69, 9.17) is 16.3 Å². The molecule has 0 aliphatic carbocycles. The molecule has 2 amide bonds. The number of aromatic nitrogens is 1. The van der Waals surface area contributed by atoms with Gasteiger partial charge >= 0.3 is 5.97 Å². The zero-order valence-electron chi connectivity index (χ0n) is 18.5. The topological polar surface area (TPSA) is 114 Å². The number of halogens is 1. The first-order valence-corrected chi connectivity index (χ1v) is 10.7. The van der Waals surface area contributed by atoms with Crippen LogP contribution in [0, 0.1) is 13.8 Å². The number of Topliss-reactive ketones (excluding diaryl/α,β-unsaturated/α-hetero) is 2. The number of rotatable bonds is 6. The number of hydrogen-bond donors (Lipinski definition) is 1. The highest BCUT2D eigenvalue weighted by Gasteiger charge is 2.37. The number of esters is 1. The van der Waals surface area contributed by atoms with Crippen molar-refractivity contribution in [3.63, 3.8) is 0 Å². The molecule has 0 saturated carbocycles. The molecular formula is C25H19ClN2O6. The van der Waals surface area contributed by atoms with E-state index in [1.165, 1.54) is 25.1 Å². The van der Waals surface area contributed by atoms with Gasteiger partial charge in [0.2, 0.25) is 5.78 Å². The third kappa shape index (κ3) is 3.92. The number of carbonyl (C=O) groups excluding carboxylic acids is 5. The minimum absolute atomic E-state index is 0.0227. The molecule has 2 heterocycles. The molecule has 4 rings (SSSR count). The standard InChI is InChI=1S/C25H19ClN2O6/c1-12-21(14(3)29)13(2)27-22(12)20(30)11-34-25(33)15-4-9-18-19(10-15)24(32)28(23(18)31)17-7-5-16(26)6-8-17/h4-10,27H,11H2,1-3H3. The summed E-state index contributed by atoms with van der Waals surface area (Å²) < 4.78 is 5.14. The maximum Gasteiger partial charge on any atom is 0.338 e. The molecule has 1 aromatic heterocycles. The number of H-pyrrole nitrogens is 1. The number of carbonyl (C=O) groups is 5. The fraction of sp³-hybridized carbons (Fsp3) is 0.160. The molecule has 0 fully saturated rings. The van der Waals surface area contributed by atoms with E-state index in [-0.39, 0.29) is 28.2 Å². The monoisotopic (exact) mass is 478 g/mol. The second kappa shape index (κ2) is 8.72. The molecule has 1 N–H and O–H groups in total. The Bertz CT molecular complexity index is 1390. The van der Waals surface area contributed by atoms with Crippen molar-refractivity contribution in [1.82, 2.24) is 4.98 Å². The van der Waals surface area contributed by atoms with E-state index in [0.717, 1.165) is 4.90 Å². The minimum atomic E-state index is -0.825. The van der Waals surface area contributed by atoms with Crippen LogP contribution in [0.15, 0.2) is 42.5 Å². The molecule has 1 aliphatic rings. The van der Waals surface area contributed by atoms with Crippen LogP contribution in [-0.4, -0.2) is 40.9 Å². The third-order valence-corrected chi connectivity index (χ3v) is 5.86. The first kappa shape index (κ1) is 23.1. The lowest BCUT2D eigenvalue weighted by molar-refractivity contribution is 0.0473. The molecule has 2 aromatic carbocycles. The minimum Gasteiger partial charge on any atom is -0.454 e. The van der Waals surface area contributed by atoms with Gasteiger partial charge in [0.05, 0.1) is 28.1 Å². The Kier molecular flexibility index (Phi) is 5.93. The average molecular weight is 479 g/mol. The summed E-state index contributed by atoms with van der Waals surface area (Å²) in [6, 6.07) is 10.2. The lowest BCUT2D eigenvalue weighted by Gasteiger charge is -2.13. The lowest BCUT2D eigenvalue weighted by Crippen LogP contribution is -2.29. The quantitative estimate of drug-likeness (QED) is 0.320. The van der Waals surface area contributed by atoms with Crippen LogP contribution in [0.1, 0.15) is 70.1 Å². The molecule has 172 valence electrons. The molecular weight excluding hydrogens is 460 g/mol. The van der Waals surface area contributed by atoms with Crippen molar-refractivity contribution in [1.29, 1.82) is 0 Å². The first-order valence-electron chi connectivity index (χ1n) is 10.3. The molecule has 0 spiro atoms. The van der Waals surface area contributed by atoms with Gasteiger partial charge in [-0.3, -0.25) is 19.2 Å². The Hall–Kier alpha value is -4.04. The number of hydrogen-bond acceptors (Lipinski definition) is 6. The second-order valence-corrected chi connectivity index (χ2v) is 8.30. The molecule has 3 aromatic rings. The highest BCUT2D eigenvalue weighted by atomic mass is 35.5. The Morgan fingerprint density at radius 3 is 2.24 bits per heavy atom. The van der Waals surface area contributed by atoms with Crippen LogP contribution in [0.25, 0.3) is 0 Å². The van der Waals surface area contributed by atoms with Crippen LogP contribution in [0.2, 0.25) is 5.02 Å². The van der Waals surface area contributed by atoms with Crippen molar-refractivity contribution in [3.8, 4) is 0 Å². The van der Waals surface area contributed by atoms with E-state index in [0.29, 0.717) is 27.5 Å². The van der Waals surface area contributed by atoms with Crippen LogP contribution >= 0.6 is 11.6 Å². The Morgan fingerprint density at radius 1 is 0.971 bits per heavy atom. The predicted molar refractivity (Wildman–Crippen MR) is 124 cm³/mol. The van der Waals surface area contributed by atoms with Gasteiger partial charge in [-0.05, 0) is 68.8 Å². The molecule has 9 heteroatoms. The van der Waals surface area contributed by atoms with E-state index in [1.807, 2.05) is 0 Å². The SMILES string of the molecule is CC(=O)c1c(C)[nH]c(C(=O)COC(=O)c2ccc3c(c2)C(=O)N(c2ccc(Cl)cc2)C3=O)c1C. The fourth-order valence-electron chi connectivity index (χ4n) is 4.04. The van der Waals surface area contributed by atoms with Crippen LogP contribution < -0.4 is 4.90 Å². The summed E-state index contributed by atoms with van der Waals surface area (Å²) in [5.74, 6) is -2.59. The molecule has 0 atom stereocenters. The molecule has 0 saturated heterocycles. The Balaban J connectivity index is 1.51. The molecule has 0 unspecified atom stereocenters. The van der Waals surface area contributed by atoms with Crippen LogP contribution in [0.3, 0.4) is 0 Å². The number of fused-ring (bicyclic) bond motifs is 1. The normalized spacial score (nSPS) is 12.6. The van der Waals surface area contributed by atoms with Gasteiger partial charge in [0, 0.05) is 16.3 Å². The summed E-state index contributed by atoms with van der Waals surface area (Å²) in [6.07, 6.45) is 0. The number of ether oxygens (including phenoxy) is 1. The molecule has 0 radical (unpaired) electrons. The van der Waals surface area contributed by atoms with Crippen molar-refractivity contribution in [2.24, 2.45) is 0 Å². The number of aromatic amines is 1. The van der Waals surface area contributed by atoms with E-state index >= 15 is 0 Å². The molecule has 1 aliphatic heterocycles. The summed E-state index contributed by atoms with van der Waals surface area (Å²) in [7, 11) is 0. The number of nitrogens with one attached hydrogen (secondary N) is 1. The van der Waals surface area contributed by atoms with Gasteiger partial charge in [-0.2, -0.15) is 0 Å². The molecule has 34 heavy (non-hydrogen) atoms. The summed E-state index contributed by atoms with van der Waals surface area (Å²) in [5.41, 5.74) is 2.28. The van der Waals surface area contributed by atoms with Gasteiger partial charge in [-0.1, -0.05) is 11.6 Å². The highest BCUT2D eigenvalue weighted by Crippen LogP contribution is 2.30. The first-order chi connectivity index (χ1) is 16.1. The Morgan fingerprint density at radius 2 is 1.62 bits per heavy atom. The van der Waals surface area contributed by atoms with Gasteiger partial charge in [0.15, 0.2) is 12.4 Å². The van der Waals surface area contributed by atoms with Crippen LogP contribution in [-0.2, 0) is 4.74 Å². The smallest absolute Gasteiger partial charge is 0.338 e. The summed E-state index contributed by atoms with van der Waals surface area (Å²) in [5, 5.41) is 0.460. The number of amides is 2. The van der Waals surface area contributed by atoms with E-state index in [9.17, 15) is 24.0 Å². The lowest BCUT2D eigenvalue weighted by atomic mass is 10.1. The van der Waals surface area contributed by atoms with E-state index < -0.39 is 30.2 Å². The van der Waals surface area contributed by atoms with Crippen LogP contribution in [0.5, 0.6) is 0 Å². The van der Waals surface area contributed by atoms with Crippen molar-refractivity contribution in [2.45, 2.75) is 20.8 Å². The highest BCUT2D eigenvalue weighted by molar-refractivity contribution is 6.35. The summed E-state index contributed by atoms with van der Waals surface area (Å²) in [4.78, 5) is 66.4. The Labute approximate surface area is 199 Å². The summed E-state index contributed by atoms with van der Waals surface area (Å²) >= 11 is 5.88. The van der Waals surface area contributed by atoms with E-state index in [1.54, 1.807) is 38.1 Å². The maximum atomic E-state index is 12.9.